The fourth-order valence-corrected chi connectivity index (χ4v) is 3.17. The molecule has 3 nitrogen and oxygen atoms in total. The molecule has 0 bridgehead atoms. The summed E-state index contributed by atoms with van der Waals surface area (Å²) in [7, 11) is 0. The Balaban J connectivity index is 1.68. The largest absolute Gasteiger partial charge is 0.349 e. The molecule has 1 saturated heterocycles. The number of H-pyrrole nitrogens is 1. The molecule has 84 valence electrons. The topological polar surface area (TPSA) is 40.7 Å². The molecule has 0 aromatic carbocycles. The van der Waals surface area contributed by atoms with E-state index in [-0.39, 0.29) is 0 Å². The first-order valence-electron chi connectivity index (χ1n) is 5.69. The Kier molecular flexibility index (Phi) is 4.09. The van der Waals surface area contributed by atoms with E-state index in [1.807, 2.05) is 12.4 Å². The molecule has 15 heavy (non-hydrogen) atoms. The molecule has 1 aliphatic rings. The van der Waals surface area contributed by atoms with Crippen molar-refractivity contribution in [2.45, 2.75) is 37.5 Å². The van der Waals surface area contributed by atoms with Crippen LogP contribution in [0.15, 0.2) is 12.4 Å². The molecule has 0 radical (unpaired) electrons. The SMILES string of the molecule is CC1SCCCC1NCCc1ncc[nH]1. The summed E-state index contributed by atoms with van der Waals surface area (Å²) < 4.78 is 0. The van der Waals surface area contributed by atoms with E-state index >= 15 is 0 Å². The second kappa shape index (κ2) is 5.56. The highest BCUT2D eigenvalue weighted by molar-refractivity contribution is 7.99. The number of aromatic nitrogens is 2. The van der Waals surface area contributed by atoms with Crippen LogP contribution in [0.5, 0.6) is 0 Å². The molecule has 4 heteroatoms. The van der Waals surface area contributed by atoms with E-state index < -0.39 is 0 Å². The smallest absolute Gasteiger partial charge is 0.107 e. The molecule has 2 N–H and O–H groups in total. The van der Waals surface area contributed by atoms with Gasteiger partial charge in [-0.1, -0.05) is 6.92 Å². The van der Waals surface area contributed by atoms with Gasteiger partial charge >= 0.3 is 0 Å². The zero-order valence-electron chi connectivity index (χ0n) is 9.20. The lowest BCUT2D eigenvalue weighted by Gasteiger charge is -2.29. The van der Waals surface area contributed by atoms with Gasteiger partial charge in [-0.2, -0.15) is 11.8 Å². The Labute approximate surface area is 95.4 Å². The summed E-state index contributed by atoms with van der Waals surface area (Å²) in [5.74, 6) is 2.41. The molecule has 1 aromatic heterocycles. The average molecular weight is 225 g/mol. The predicted molar refractivity (Wildman–Crippen MR) is 65.2 cm³/mol. The second-order valence-corrected chi connectivity index (χ2v) is 5.55. The number of nitrogens with zero attached hydrogens (tertiary/aromatic N) is 1. The molecule has 0 saturated carbocycles. The average Bonchev–Trinajstić information content (AvgIpc) is 2.74. The van der Waals surface area contributed by atoms with Crippen LogP contribution in [0.2, 0.25) is 0 Å². The highest BCUT2D eigenvalue weighted by Crippen LogP contribution is 2.24. The summed E-state index contributed by atoms with van der Waals surface area (Å²) in [4.78, 5) is 7.35. The number of nitrogens with one attached hydrogen (secondary N) is 2. The third kappa shape index (κ3) is 3.24. The first-order chi connectivity index (χ1) is 7.36. The van der Waals surface area contributed by atoms with Gasteiger partial charge in [0.05, 0.1) is 0 Å². The van der Waals surface area contributed by atoms with Gasteiger partial charge in [-0.3, -0.25) is 0 Å². The van der Waals surface area contributed by atoms with E-state index in [0.717, 1.165) is 24.0 Å². The van der Waals surface area contributed by atoms with Gasteiger partial charge in [0.1, 0.15) is 5.82 Å². The van der Waals surface area contributed by atoms with Gasteiger partial charge in [0, 0.05) is 36.7 Å². The lowest BCUT2D eigenvalue weighted by molar-refractivity contribution is 0.464. The molecule has 0 spiro atoms. The molecule has 1 aliphatic heterocycles. The third-order valence-corrected chi connectivity index (χ3v) is 4.31. The van der Waals surface area contributed by atoms with Crippen LogP contribution >= 0.6 is 11.8 Å². The first kappa shape index (κ1) is 11.0. The number of aromatic amines is 1. The van der Waals surface area contributed by atoms with Crippen molar-refractivity contribution >= 4 is 11.8 Å². The van der Waals surface area contributed by atoms with Crippen molar-refractivity contribution in [2.24, 2.45) is 0 Å². The summed E-state index contributed by atoms with van der Waals surface area (Å²) in [6.45, 7) is 3.36. The molecule has 0 aliphatic carbocycles. The molecule has 2 unspecified atom stereocenters. The number of rotatable bonds is 4. The maximum absolute atomic E-state index is 4.22. The Hall–Kier alpha value is -0.480. The van der Waals surface area contributed by atoms with Crippen molar-refractivity contribution in [3.05, 3.63) is 18.2 Å². The zero-order chi connectivity index (χ0) is 10.5. The van der Waals surface area contributed by atoms with Gasteiger partial charge in [0.15, 0.2) is 0 Å². The van der Waals surface area contributed by atoms with Gasteiger partial charge in [0.25, 0.3) is 0 Å². The fourth-order valence-electron chi connectivity index (χ4n) is 2.00. The van der Waals surface area contributed by atoms with E-state index in [1.165, 1.54) is 18.6 Å². The van der Waals surface area contributed by atoms with Crippen molar-refractivity contribution in [3.63, 3.8) is 0 Å². The van der Waals surface area contributed by atoms with Crippen LogP contribution in [-0.2, 0) is 6.42 Å². The third-order valence-electron chi connectivity index (χ3n) is 2.93. The predicted octanol–water partition coefficient (Wildman–Crippen LogP) is 1.83. The van der Waals surface area contributed by atoms with Crippen LogP contribution in [0, 0.1) is 0 Å². The highest BCUT2D eigenvalue weighted by Gasteiger charge is 2.20. The molecule has 1 aromatic rings. The molecule has 0 amide bonds. The molecule has 1 fully saturated rings. The van der Waals surface area contributed by atoms with E-state index in [4.69, 9.17) is 0 Å². The number of thioether (sulfide) groups is 1. The Morgan fingerprint density at radius 3 is 3.33 bits per heavy atom. The van der Waals surface area contributed by atoms with Crippen LogP contribution in [0.25, 0.3) is 0 Å². The number of imidazole rings is 1. The summed E-state index contributed by atoms with van der Waals surface area (Å²) in [5, 5.41) is 4.39. The maximum Gasteiger partial charge on any atom is 0.107 e. The fraction of sp³-hybridized carbons (Fsp3) is 0.727. The van der Waals surface area contributed by atoms with Crippen molar-refractivity contribution < 1.29 is 0 Å². The van der Waals surface area contributed by atoms with Gasteiger partial charge in [-0.15, -0.1) is 0 Å². The minimum atomic E-state index is 0.693. The minimum absolute atomic E-state index is 0.693. The monoisotopic (exact) mass is 225 g/mol. The number of hydrogen-bond acceptors (Lipinski definition) is 3. The highest BCUT2D eigenvalue weighted by atomic mass is 32.2. The van der Waals surface area contributed by atoms with E-state index in [0.29, 0.717) is 6.04 Å². The van der Waals surface area contributed by atoms with Crippen LogP contribution in [0.3, 0.4) is 0 Å². The minimum Gasteiger partial charge on any atom is -0.349 e. The summed E-state index contributed by atoms with van der Waals surface area (Å²) in [6.07, 6.45) is 7.38. The van der Waals surface area contributed by atoms with Gasteiger partial charge in [-0.05, 0) is 18.6 Å². The van der Waals surface area contributed by atoms with Crippen molar-refractivity contribution in [2.75, 3.05) is 12.3 Å². The Bertz CT molecular complexity index is 273. The second-order valence-electron chi connectivity index (χ2n) is 4.06. The lowest BCUT2D eigenvalue weighted by atomic mass is 10.1. The van der Waals surface area contributed by atoms with Gasteiger partial charge < -0.3 is 10.3 Å². The van der Waals surface area contributed by atoms with Gasteiger partial charge in [0.2, 0.25) is 0 Å². The summed E-state index contributed by atoms with van der Waals surface area (Å²) in [5.41, 5.74) is 0. The van der Waals surface area contributed by atoms with E-state index in [2.05, 4.69) is 34.0 Å². The van der Waals surface area contributed by atoms with Crippen LogP contribution in [-0.4, -0.2) is 33.6 Å². The normalized spacial score (nSPS) is 26.7. The van der Waals surface area contributed by atoms with Crippen molar-refractivity contribution in [3.8, 4) is 0 Å². The summed E-state index contributed by atoms with van der Waals surface area (Å²) in [6, 6.07) is 0.693. The molecule has 2 rings (SSSR count). The van der Waals surface area contributed by atoms with Crippen LogP contribution in [0.1, 0.15) is 25.6 Å². The van der Waals surface area contributed by atoms with Crippen molar-refractivity contribution in [1.82, 2.24) is 15.3 Å². The van der Waals surface area contributed by atoms with Crippen LogP contribution in [0.4, 0.5) is 0 Å². The Morgan fingerprint density at radius 2 is 2.60 bits per heavy atom. The standard InChI is InChI=1S/C11H19N3S/c1-9-10(3-2-8-15-9)12-5-4-11-13-6-7-14-11/h6-7,9-10,12H,2-5,8H2,1H3,(H,13,14). The van der Waals surface area contributed by atoms with Crippen LogP contribution < -0.4 is 5.32 Å². The lowest BCUT2D eigenvalue weighted by Crippen LogP contribution is -2.40. The van der Waals surface area contributed by atoms with E-state index in [1.54, 1.807) is 0 Å². The molecule has 2 atom stereocenters. The van der Waals surface area contributed by atoms with E-state index in [9.17, 15) is 0 Å². The number of hydrogen-bond donors (Lipinski definition) is 2. The molecule has 2 heterocycles. The summed E-state index contributed by atoms with van der Waals surface area (Å²) >= 11 is 2.09. The quantitative estimate of drug-likeness (QED) is 0.821. The molecular weight excluding hydrogens is 206 g/mol. The zero-order valence-corrected chi connectivity index (χ0v) is 10.0. The van der Waals surface area contributed by atoms with Gasteiger partial charge in [-0.25, -0.2) is 4.98 Å². The first-order valence-corrected chi connectivity index (χ1v) is 6.74. The maximum atomic E-state index is 4.22. The molecular formula is C11H19N3S. The Morgan fingerprint density at radius 1 is 1.67 bits per heavy atom. The van der Waals surface area contributed by atoms with Crippen molar-refractivity contribution in [1.29, 1.82) is 0 Å².